The average molecular weight is 196 g/mol. The number of hydrogen-bond acceptors (Lipinski definition) is 3. The van der Waals surface area contributed by atoms with Gasteiger partial charge in [0.1, 0.15) is 5.75 Å². The summed E-state index contributed by atoms with van der Waals surface area (Å²) in [7, 11) is 1.58. The molecule has 1 aromatic rings. The van der Waals surface area contributed by atoms with E-state index in [-0.39, 0.29) is 12.9 Å². The smallest absolute Gasteiger partial charge is 0.188 e. The molecular formula is C11H16O3. The fraction of sp³-hybridized carbons (Fsp3) is 0.455. The van der Waals surface area contributed by atoms with E-state index >= 15 is 0 Å². The van der Waals surface area contributed by atoms with Gasteiger partial charge in [-0.25, -0.2) is 0 Å². The van der Waals surface area contributed by atoms with Crippen LogP contribution in [0.5, 0.6) is 5.75 Å². The lowest BCUT2D eigenvalue weighted by Crippen LogP contribution is -1.99. The van der Waals surface area contributed by atoms with E-state index in [0.29, 0.717) is 0 Å². The Balaban J connectivity index is 2.59. The quantitative estimate of drug-likeness (QED) is 0.733. The lowest BCUT2D eigenvalue weighted by molar-refractivity contribution is 0.0511. The summed E-state index contributed by atoms with van der Waals surface area (Å²) in [6.45, 7) is 2.19. The van der Waals surface area contributed by atoms with Crippen molar-refractivity contribution in [1.29, 1.82) is 0 Å². The molecule has 78 valence electrons. The van der Waals surface area contributed by atoms with Crippen LogP contribution in [0.2, 0.25) is 0 Å². The van der Waals surface area contributed by atoms with E-state index in [4.69, 9.17) is 9.47 Å². The molecule has 1 atom stereocenters. The van der Waals surface area contributed by atoms with Crippen LogP contribution in [0, 0.1) is 0 Å². The number of hydrogen-bond donors (Lipinski definition) is 1. The van der Waals surface area contributed by atoms with Gasteiger partial charge >= 0.3 is 0 Å². The highest BCUT2D eigenvalue weighted by Crippen LogP contribution is 2.19. The van der Waals surface area contributed by atoms with Crippen molar-refractivity contribution in [2.45, 2.75) is 19.4 Å². The van der Waals surface area contributed by atoms with Gasteiger partial charge in [0.25, 0.3) is 0 Å². The molecule has 3 heteroatoms. The van der Waals surface area contributed by atoms with Crippen molar-refractivity contribution in [3.8, 4) is 5.75 Å². The van der Waals surface area contributed by atoms with Crippen molar-refractivity contribution in [2.75, 3.05) is 13.9 Å². The van der Waals surface area contributed by atoms with Crippen LogP contribution in [0.1, 0.15) is 25.0 Å². The van der Waals surface area contributed by atoms with Crippen molar-refractivity contribution in [1.82, 2.24) is 0 Å². The number of ether oxygens (including phenoxy) is 2. The molecule has 0 saturated heterocycles. The molecule has 3 nitrogen and oxygen atoms in total. The zero-order valence-electron chi connectivity index (χ0n) is 8.56. The summed E-state index contributed by atoms with van der Waals surface area (Å²) < 4.78 is 9.99. The lowest BCUT2D eigenvalue weighted by atomic mass is 10.1. The highest BCUT2D eigenvalue weighted by Gasteiger charge is 2.03. The van der Waals surface area contributed by atoms with Gasteiger partial charge in [-0.15, -0.1) is 0 Å². The van der Waals surface area contributed by atoms with E-state index in [2.05, 4.69) is 0 Å². The maximum atomic E-state index is 9.53. The molecule has 1 rings (SSSR count). The number of aliphatic hydroxyl groups is 1. The first kappa shape index (κ1) is 11.0. The Kier molecular flexibility index (Phi) is 4.43. The molecule has 0 aliphatic rings. The van der Waals surface area contributed by atoms with Gasteiger partial charge in [0.15, 0.2) is 6.79 Å². The van der Waals surface area contributed by atoms with Gasteiger partial charge in [0.05, 0.1) is 6.10 Å². The predicted molar refractivity (Wildman–Crippen MR) is 54.2 cm³/mol. The van der Waals surface area contributed by atoms with Crippen LogP contribution in [-0.4, -0.2) is 19.0 Å². The molecule has 0 amide bonds. The zero-order chi connectivity index (χ0) is 10.4. The highest BCUT2D eigenvalue weighted by molar-refractivity contribution is 5.28. The van der Waals surface area contributed by atoms with Crippen LogP contribution in [0.25, 0.3) is 0 Å². The Labute approximate surface area is 84.3 Å². The first-order valence-corrected chi connectivity index (χ1v) is 4.67. The topological polar surface area (TPSA) is 38.7 Å². The fourth-order valence-electron chi connectivity index (χ4n) is 1.15. The van der Waals surface area contributed by atoms with Gasteiger partial charge < -0.3 is 14.6 Å². The minimum Gasteiger partial charge on any atom is -0.468 e. The van der Waals surface area contributed by atoms with E-state index < -0.39 is 0 Å². The van der Waals surface area contributed by atoms with E-state index in [9.17, 15) is 5.11 Å². The van der Waals surface area contributed by atoms with Crippen LogP contribution in [0.15, 0.2) is 24.3 Å². The third-order valence-electron chi connectivity index (χ3n) is 2.00. The Morgan fingerprint density at radius 2 is 1.93 bits per heavy atom. The second kappa shape index (κ2) is 5.62. The maximum absolute atomic E-state index is 9.53. The molecular weight excluding hydrogens is 180 g/mol. The number of benzene rings is 1. The summed E-state index contributed by atoms with van der Waals surface area (Å²) in [4.78, 5) is 0. The molecule has 1 aromatic carbocycles. The minimum absolute atomic E-state index is 0.246. The van der Waals surface area contributed by atoms with Gasteiger partial charge in [-0.3, -0.25) is 0 Å². The molecule has 0 spiro atoms. The van der Waals surface area contributed by atoms with Gasteiger partial charge in [-0.1, -0.05) is 19.1 Å². The summed E-state index contributed by atoms with van der Waals surface area (Å²) >= 11 is 0. The highest BCUT2D eigenvalue weighted by atomic mass is 16.7. The molecule has 0 heterocycles. The fourth-order valence-corrected chi connectivity index (χ4v) is 1.15. The van der Waals surface area contributed by atoms with Crippen LogP contribution in [-0.2, 0) is 4.74 Å². The molecule has 1 N–H and O–H groups in total. The predicted octanol–water partition coefficient (Wildman–Crippen LogP) is 2.11. The van der Waals surface area contributed by atoms with Gasteiger partial charge in [-0.05, 0) is 24.1 Å². The SMILES string of the molecule is CCC(O)c1ccc(OCOC)cc1. The van der Waals surface area contributed by atoms with Crippen molar-refractivity contribution in [3.63, 3.8) is 0 Å². The zero-order valence-corrected chi connectivity index (χ0v) is 8.56. The second-order valence-corrected chi connectivity index (χ2v) is 3.04. The molecule has 0 aliphatic carbocycles. The van der Waals surface area contributed by atoms with E-state index in [1.54, 1.807) is 7.11 Å². The molecule has 0 aromatic heterocycles. The van der Waals surface area contributed by atoms with Crippen LogP contribution in [0.3, 0.4) is 0 Å². The van der Waals surface area contributed by atoms with Crippen molar-refractivity contribution < 1.29 is 14.6 Å². The summed E-state index contributed by atoms with van der Waals surface area (Å²) in [5, 5.41) is 9.53. The Morgan fingerprint density at radius 3 is 2.43 bits per heavy atom. The number of rotatable bonds is 5. The summed E-state index contributed by atoms with van der Waals surface area (Å²) in [5.41, 5.74) is 0.914. The van der Waals surface area contributed by atoms with E-state index in [0.717, 1.165) is 17.7 Å². The normalized spacial score (nSPS) is 12.5. The van der Waals surface area contributed by atoms with Crippen molar-refractivity contribution >= 4 is 0 Å². The minimum atomic E-state index is -0.383. The summed E-state index contributed by atoms with van der Waals surface area (Å²) in [5.74, 6) is 0.749. The van der Waals surface area contributed by atoms with Gasteiger partial charge in [-0.2, -0.15) is 0 Å². The van der Waals surface area contributed by atoms with E-state index in [1.165, 1.54) is 0 Å². The molecule has 0 bridgehead atoms. The maximum Gasteiger partial charge on any atom is 0.188 e. The van der Waals surface area contributed by atoms with Gasteiger partial charge in [0.2, 0.25) is 0 Å². The second-order valence-electron chi connectivity index (χ2n) is 3.04. The van der Waals surface area contributed by atoms with Crippen molar-refractivity contribution in [3.05, 3.63) is 29.8 Å². The monoisotopic (exact) mass is 196 g/mol. The molecule has 1 unspecified atom stereocenters. The van der Waals surface area contributed by atoms with Crippen molar-refractivity contribution in [2.24, 2.45) is 0 Å². The molecule has 0 aliphatic heterocycles. The van der Waals surface area contributed by atoms with Crippen LogP contribution in [0.4, 0.5) is 0 Å². The Morgan fingerprint density at radius 1 is 1.29 bits per heavy atom. The number of methoxy groups -OCH3 is 1. The average Bonchev–Trinajstić information content (AvgIpc) is 2.26. The Bertz CT molecular complexity index is 256. The third kappa shape index (κ3) is 3.01. The van der Waals surface area contributed by atoms with E-state index in [1.807, 2.05) is 31.2 Å². The summed E-state index contributed by atoms with van der Waals surface area (Å²) in [6.07, 6.45) is 0.338. The van der Waals surface area contributed by atoms with Crippen LogP contribution < -0.4 is 4.74 Å². The molecule has 0 saturated carbocycles. The molecule has 0 fully saturated rings. The Hall–Kier alpha value is -1.06. The first-order valence-electron chi connectivity index (χ1n) is 4.67. The third-order valence-corrected chi connectivity index (χ3v) is 2.00. The standard InChI is InChI=1S/C11H16O3/c1-3-11(12)9-4-6-10(7-5-9)14-8-13-2/h4-7,11-12H,3,8H2,1-2H3. The van der Waals surface area contributed by atoms with Gasteiger partial charge in [0, 0.05) is 7.11 Å². The lowest BCUT2D eigenvalue weighted by Gasteiger charge is -2.09. The number of aliphatic hydroxyl groups excluding tert-OH is 1. The first-order chi connectivity index (χ1) is 6.77. The van der Waals surface area contributed by atoms with Crippen LogP contribution >= 0.6 is 0 Å². The molecule has 14 heavy (non-hydrogen) atoms. The largest absolute Gasteiger partial charge is 0.468 e. The molecule has 0 radical (unpaired) electrons. The summed E-state index contributed by atoms with van der Waals surface area (Å²) in [6, 6.07) is 7.37.